The third-order valence-corrected chi connectivity index (χ3v) is 7.92. The Morgan fingerprint density at radius 2 is 1.79 bits per heavy atom. The molecule has 0 atom stereocenters. The molecule has 0 spiro atoms. The molecule has 1 fully saturated rings. The highest BCUT2D eigenvalue weighted by atomic mass is 32.2. The third kappa shape index (κ3) is 4.58. The summed E-state index contributed by atoms with van der Waals surface area (Å²) < 4.78 is 41.9. The van der Waals surface area contributed by atoms with Gasteiger partial charge in [0, 0.05) is 60.2 Å². The summed E-state index contributed by atoms with van der Waals surface area (Å²) in [5.41, 5.74) is 1.97. The van der Waals surface area contributed by atoms with Crippen LogP contribution in [0.4, 0.5) is 10.1 Å². The molecule has 0 bridgehead atoms. The van der Waals surface area contributed by atoms with Gasteiger partial charge in [0.25, 0.3) is 0 Å². The van der Waals surface area contributed by atoms with Crippen LogP contribution >= 0.6 is 0 Å². The van der Waals surface area contributed by atoms with Crippen LogP contribution in [0.2, 0.25) is 0 Å². The zero-order chi connectivity index (χ0) is 23.8. The molecule has 1 amide bonds. The standard InChI is InChI=1S/C23H28FN5O3S/c1-26(2)33(31,32)17-8-9-21-19(16-17)25-22(27(21)3)10-11-23(30)29-14-12-28(13-15-29)20-7-5-4-6-18(20)24/h4-9,16H,10-15H2,1-3H3. The van der Waals surface area contributed by atoms with Crippen molar-refractivity contribution in [2.75, 3.05) is 45.2 Å². The summed E-state index contributed by atoms with van der Waals surface area (Å²) >= 11 is 0. The lowest BCUT2D eigenvalue weighted by Crippen LogP contribution is -2.49. The highest BCUT2D eigenvalue weighted by Crippen LogP contribution is 2.23. The van der Waals surface area contributed by atoms with Crippen LogP contribution in [0.15, 0.2) is 47.4 Å². The van der Waals surface area contributed by atoms with Gasteiger partial charge in [0.1, 0.15) is 11.6 Å². The lowest BCUT2D eigenvalue weighted by atomic mass is 10.2. The maximum Gasteiger partial charge on any atom is 0.242 e. The average Bonchev–Trinajstić information content (AvgIpc) is 3.12. The lowest BCUT2D eigenvalue weighted by molar-refractivity contribution is -0.131. The molecule has 0 unspecified atom stereocenters. The summed E-state index contributed by atoms with van der Waals surface area (Å²) in [6.07, 6.45) is 0.757. The number of para-hydroxylation sites is 1. The zero-order valence-corrected chi connectivity index (χ0v) is 19.8. The topological polar surface area (TPSA) is 78.8 Å². The number of nitrogens with zero attached hydrogens (tertiary/aromatic N) is 5. The van der Waals surface area contributed by atoms with Crippen molar-refractivity contribution >= 4 is 32.7 Å². The van der Waals surface area contributed by atoms with Crippen molar-refractivity contribution in [3.05, 3.63) is 54.1 Å². The molecule has 2 aromatic carbocycles. The van der Waals surface area contributed by atoms with Gasteiger partial charge in [0.15, 0.2) is 0 Å². The molecule has 1 saturated heterocycles. The number of halogens is 1. The summed E-state index contributed by atoms with van der Waals surface area (Å²) in [4.78, 5) is 21.3. The number of aryl methyl sites for hydroxylation is 2. The van der Waals surface area contributed by atoms with E-state index < -0.39 is 10.0 Å². The minimum Gasteiger partial charge on any atom is -0.366 e. The first kappa shape index (κ1) is 23.2. The molecule has 1 aliphatic rings. The molecule has 2 heterocycles. The van der Waals surface area contributed by atoms with E-state index in [-0.39, 0.29) is 16.6 Å². The number of hydrogen-bond acceptors (Lipinski definition) is 5. The Bertz CT molecular complexity index is 1280. The van der Waals surface area contributed by atoms with Crippen LogP contribution in [0.1, 0.15) is 12.2 Å². The Hall–Kier alpha value is -2.98. The molecule has 1 aromatic heterocycles. The number of fused-ring (bicyclic) bond motifs is 1. The van der Waals surface area contributed by atoms with E-state index in [1.165, 1.54) is 24.5 Å². The summed E-state index contributed by atoms with van der Waals surface area (Å²) in [7, 11) is 1.30. The van der Waals surface area contributed by atoms with Gasteiger partial charge in [-0.3, -0.25) is 4.79 Å². The highest BCUT2D eigenvalue weighted by Gasteiger charge is 2.23. The molecule has 0 saturated carbocycles. The third-order valence-electron chi connectivity index (χ3n) is 6.11. The maximum absolute atomic E-state index is 14.0. The van der Waals surface area contributed by atoms with Gasteiger partial charge < -0.3 is 14.4 Å². The van der Waals surface area contributed by atoms with Crippen LogP contribution in [0.5, 0.6) is 0 Å². The van der Waals surface area contributed by atoms with E-state index in [2.05, 4.69) is 4.98 Å². The Kier molecular flexibility index (Phi) is 6.40. The minimum atomic E-state index is -3.54. The lowest BCUT2D eigenvalue weighted by Gasteiger charge is -2.36. The molecule has 176 valence electrons. The Labute approximate surface area is 193 Å². The predicted molar refractivity (Wildman–Crippen MR) is 125 cm³/mol. The van der Waals surface area contributed by atoms with E-state index in [4.69, 9.17) is 0 Å². The number of amides is 1. The highest BCUT2D eigenvalue weighted by molar-refractivity contribution is 7.89. The predicted octanol–water partition coefficient (Wildman–Crippen LogP) is 2.24. The van der Waals surface area contributed by atoms with Gasteiger partial charge in [-0.05, 0) is 30.3 Å². The average molecular weight is 474 g/mol. The van der Waals surface area contributed by atoms with E-state index in [9.17, 15) is 17.6 Å². The molecule has 8 nitrogen and oxygen atoms in total. The molecule has 33 heavy (non-hydrogen) atoms. The number of carbonyl (C=O) groups excluding carboxylic acids is 1. The van der Waals surface area contributed by atoms with Crippen LogP contribution in [-0.2, 0) is 28.3 Å². The fraction of sp³-hybridized carbons (Fsp3) is 0.391. The van der Waals surface area contributed by atoms with Gasteiger partial charge in [0.05, 0.1) is 21.6 Å². The van der Waals surface area contributed by atoms with E-state index in [0.29, 0.717) is 50.2 Å². The fourth-order valence-corrected chi connectivity index (χ4v) is 5.03. The van der Waals surface area contributed by atoms with Crippen LogP contribution in [0, 0.1) is 5.82 Å². The molecule has 3 aromatic rings. The van der Waals surface area contributed by atoms with Gasteiger partial charge in [-0.2, -0.15) is 0 Å². The molecular weight excluding hydrogens is 445 g/mol. The minimum absolute atomic E-state index is 0.0334. The SMILES string of the molecule is CN(C)S(=O)(=O)c1ccc2c(c1)nc(CCC(=O)N1CCN(c3ccccc3F)CC1)n2C. The van der Waals surface area contributed by atoms with Crippen LogP contribution in [0.3, 0.4) is 0 Å². The van der Waals surface area contributed by atoms with Crippen LogP contribution in [0.25, 0.3) is 11.0 Å². The number of imidazole rings is 1. The second-order valence-electron chi connectivity index (χ2n) is 8.34. The fourth-order valence-electron chi connectivity index (χ4n) is 4.11. The largest absolute Gasteiger partial charge is 0.366 e. The van der Waals surface area contributed by atoms with E-state index in [1.807, 2.05) is 27.5 Å². The van der Waals surface area contributed by atoms with Gasteiger partial charge in [-0.25, -0.2) is 22.1 Å². The van der Waals surface area contributed by atoms with Crippen molar-refractivity contribution in [1.29, 1.82) is 0 Å². The van der Waals surface area contributed by atoms with Crippen molar-refractivity contribution < 1.29 is 17.6 Å². The quantitative estimate of drug-likeness (QED) is 0.549. The van der Waals surface area contributed by atoms with Gasteiger partial charge in [-0.15, -0.1) is 0 Å². The Morgan fingerprint density at radius 3 is 2.45 bits per heavy atom. The van der Waals surface area contributed by atoms with Gasteiger partial charge in [0.2, 0.25) is 15.9 Å². The van der Waals surface area contributed by atoms with Crippen molar-refractivity contribution in [1.82, 2.24) is 18.8 Å². The number of aromatic nitrogens is 2. The number of anilines is 1. The second kappa shape index (κ2) is 9.11. The van der Waals surface area contributed by atoms with Crippen molar-refractivity contribution in [2.45, 2.75) is 17.7 Å². The molecule has 0 radical (unpaired) electrons. The van der Waals surface area contributed by atoms with E-state index >= 15 is 0 Å². The van der Waals surface area contributed by atoms with Gasteiger partial charge in [-0.1, -0.05) is 12.1 Å². The summed E-state index contributed by atoms with van der Waals surface area (Å²) in [6, 6.07) is 11.6. The number of rotatable bonds is 6. The number of benzene rings is 2. The summed E-state index contributed by atoms with van der Waals surface area (Å²) in [5, 5.41) is 0. The first-order valence-electron chi connectivity index (χ1n) is 10.8. The first-order chi connectivity index (χ1) is 15.7. The number of carbonyl (C=O) groups is 1. The summed E-state index contributed by atoms with van der Waals surface area (Å²) in [6.45, 7) is 2.26. The zero-order valence-electron chi connectivity index (χ0n) is 19.0. The van der Waals surface area contributed by atoms with E-state index in [1.54, 1.807) is 30.3 Å². The molecule has 0 aliphatic carbocycles. The van der Waals surface area contributed by atoms with Crippen LogP contribution < -0.4 is 4.90 Å². The number of sulfonamides is 1. The molecule has 10 heteroatoms. The van der Waals surface area contributed by atoms with Gasteiger partial charge >= 0.3 is 0 Å². The monoisotopic (exact) mass is 473 g/mol. The summed E-state index contributed by atoms with van der Waals surface area (Å²) in [5.74, 6) is 0.509. The molecule has 0 N–H and O–H groups in total. The first-order valence-corrected chi connectivity index (χ1v) is 12.3. The number of hydrogen-bond donors (Lipinski definition) is 0. The Balaban J connectivity index is 1.40. The van der Waals surface area contributed by atoms with Crippen LogP contribution in [-0.4, -0.2) is 73.4 Å². The molecule has 4 rings (SSSR count). The second-order valence-corrected chi connectivity index (χ2v) is 10.5. The maximum atomic E-state index is 14.0. The van der Waals surface area contributed by atoms with Crippen molar-refractivity contribution in [3.63, 3.8) is 0 Å². The van der Waals surface area contributed by atoms with Crippen molar-refractivity contribution in [2.24, 2.45) is 7.05 Å². The van der Waals surface area contributed by atoms with Crippen molar-refractivity contribution in [3.8, 4) is 0 Å². The Morgan fingerprint density at radius 1 is 1.09 bits per heavy atom. The number of piperazine rings is 1. The molecule has 1 aliphatic heterocycles. The normalized spacial score (nSPS) is 14.9. The van der Waals surface area contributed by atoms with E-state index in [0.717, 1.165) is 11.3 Å². The smallest absolute Gasteiger partial charge is 0.242 e. The molecular formula is C23H28FN5O3S.